The van der Waals surface area contributed by atoms with Gasteiger partial charge in [-0.15, -0.1) is 5.06 Å². The van der Waals surface area contributed by atoms with Gasteiger partial charge in [0.2, 0.25) is 5.91 Å². The van der Waals surface area contributed by atoms with Gasteiger partial charge in [0.1, 0.15) is 23.2 Å². The number of ether oxygens (including phenoxy) is 2. The summed E-state index contributed by atoms with van der Waals surface area (Å²) in [5.41, 5.74) is 0.804. The second kappa shape index (κ2) is 15.8. The van der Waals surface area contributed by atoms with Crippen molar-refractivity contribution in [2.24, 2.45) is 0 Å². The summed E-state index contributed by atoms with van der Waals surface area (Å²) in [6.07, 6.45) is -0.907. The van der Waals surface area contributed by atoms with E-state index in [1.54, 1.807) is 32.6 Å². The zero-order valence-electron chi connectivity index (χ0n) is 26.5. The highest BCUT2D eigenvalue weighted by Crippen LogP contribution is 2.21. The Hall–Kier alpha value is -5.04. The molecule has 0 spiro atoms. The number of carbonyl (C=O) groups excluding carboxylic acids is 4. The number of nitrogens with one attached hydrogen (secondary N) is 2. The fourth-order valence-corrected chi connectivity index (χ4v) is 4.63. The molecule has 0 radical (unpaired) electrons. The van der Waals surface area contributed by atoms with Gasteiger partial charge in [-0.2, -0.15) is 0 Å². The van der Waals surface area contributed by atoms with Crippen LogP contribution in [0.4, 0.5) is 16.3 Å². The number of nitrogens with zero attached hydrogens (tertiary/aromatic N) is 4. The van der Waals surface area contributed by atoms with Gasteiger partial charge in [0.25, 0.3) is 5.91 Å². The molecule has 2 heterocycles. The third-order valence-electron chi connectivity index (χ3n) is 6.71. The number of aromatic nitrogens is 2. The smallest absolute Gasteiger partial charge is 0.460 e. The van der Waals surface area contributed by atoms with Crippen molar-refractivity contribution >= 4 is 35.4 Å². The minimum Gasteiger partial charge on any atom is -0.460 e. The maximum Gasteiger partial charge on any atom is 0.527 e. The highest BCUT2D eigenvalue weighted by molar-refractivity contribution is 5.97. The maximum atomic E-state index is 13.8. The average Bonchev–Trinajstić information content (AvgIpc) is 3.03. The van der Waals surface area contributed by atoms with E-state index < -0.39 is 29.7 Å². The van der Waals surface area contributed by atoms with E-state index in [4.69, 9.17) is 14.3 Å². The van der Waals surface area contributed by atoms with Crippen molar-refractivity contribution in [1.82, 2.24) is 25.2 Å². The summed E-state index contributed by atoms with van der Waals surface area (Å²) in [5.74, 6) is -0.772. The Morgan fingerprint density at radius 1 is 0.913 bits per heavy atom. The lowest BCUT2D eigenvalue weighted by Crippen LogP contribution is -2.55. The predicted molar refractivity (Wildman–Crippen MR) is 170 cm³/mol. The SMILES string of the molecule is CCOC(=O)ON1CCN(C(=O)[C@H](CCC(=O)OC(C)(C)C)NC(=O)c2cc(Nc3ccccc3)nc(-c3ccccc3)n2)CC1. The summed E-state index contributed by atoms with van der Waals surface area (Å²) < 4.78 is 10.3. The number of carbonyl (C=O) groups is 4. The summed E-state index contributed by atoms with van der Waals surface area (Å²) in [5, 5.41) is 7.43. The molecule has 3 aromatic rings. The highest BCUT2D eigenvalue weighted by Gasteiger charge is 2.31. The molecule has 0 bridgehead atoms. The van der Waals surface area contributed by atoms with Crippen molar-refractivity contribution in [3.63, 3.8) is 0 Å². The van der Waals surface area contributed by atoms with Gasteiger partial charge in [0, 0.05) is 36.8 Å². The Morgan fingerprint density at radius 3 is 2.20 bits per heavy atom. The van der Waals surface area contributed by atoms with Crippen LogP contribution in [0.5, 0.6) is 0 Å². The molecule has 13 heteroatoms. The number of hydrogen-bond donors (Lipinski definition) is 2. The van der Waals surface area contributed by atoms with E-state index in [9.17, 15) is 19.2 Å². The van der Waals surface area contributed by atoms with Crippen LogP contribution < -0.4 is 10.6 Å². The molecular formula is C33H40N6O7. The van der Waals surface area contributed by atoms with Gasteiger partial charge in [0.15, 0.2) is 5.82 Å². The molecule has 1 fully saturated rings. The number of anilines is 2. The Kier molecular flexibility index (Phi) is 11.6. The molecule has 244 valence electrons. The Bertz CT molecular complexity index is 1490. The van der Waals surface area contributed by atoms with E-state index in [1.165, 1.54) is 11.1 Å². The molecule has 1 aromatic heterocycles. The van der Waals surface area contributed by atoms with Gasteiger partial charge in [-0.1, -0.05) is 48.5 Å². The molecule has 0 aliphatic carbocycles. The lowest BCUT2D eigenvalue weighted by Gasteiger charge is -2.35. The molecule has 1 aliphatic heterocycles. The van der Waals surface area contributed by atoms with Crippen LogP contribution in [-0.2, 0) is 23.9 Å². The predicted octanol–water partition coefficient (Wildman–Crippen LogP) is 4.34. The summed E-state index contributed by atoms with van der Waals surface area (Å²) in [6.45, 7) is 8.08. The zero-order valence-corrected chi connectivity index (χ0v) is 26.5. The van der Waals surface area contributed by atoms with Gasteiger partial charge >= 0.3 is 12.1 Å². The third-order valence-corrected chi connectivity index (χ3v) is 6.71. The lowest BCUT2D eigenvalue weighted by atomic mass is 10.1. The molecule has 1 atom stereocenters. The number of hydroxylamine groups is 2. The van der Waals surface area contributed by atoms with Gasteiger partial charge in [-0.3, -0.25) is 14.4 Å². The molecule has 13 nitrogen and oxygen atoms in total. The first-order chi connectivity index (χ1) is 22.0. The zero-order chi connectivity index (χ0) is 33.1. The Morgan fingerprint density at radius 2 is 1.57 bits per heavy atom. The Labute approximate surface area is 268 Å². The summed E-state index contributed by atoms with van der Waals surface area (Å²) in [7, 11) is 0. The van der Waals surface area contributed by atoms with Gasteiger partial charge < -0.3 is 29.8 Å². The standard InChI is InChI=1S/C33H40N6O7/c1-5-44-32(43)46-39-20-18-38(19-21-39)31(42)25(16-17-28(40)45-33(2,3)4)36-30(41)26-22-27(34-24-14-10-7-11-15-24)37-29(35-26)23-12-8-6-9-13-23/h6-15,22,25H,5,16-21H2,1-4H3,(H,36,41)(H,34,35,37)/t25-/m0/s1. The number of piperazine rings is 1. The van der Waals surface area contributed by atoms with Crippen LogP contribution in [0.25, 0.3) is 11.4 Å². The highest BCUT2D eigenvalue weighted by atomic mass is 16.8. The fourth-order valence-electron chi connectivity index (χ4n) is 4.63. The monoisotopic (exact) mass is 632 g/mol. The van der Waals surface area contributed by atoms with Crippen LogP contribution in [-0.4, -0.2) is 88.3 Å². The second-order valence-corrected chi connectivity index (χ2v) is 11.5. The molecule has 4 rings (SSSR count). The second-order valence-electron chi connectivity index (χ2n) is 11.5. The van der Waals surface area contributed by atoms with Crippen molar-refractivity contribution in [3.8, 4) is 11.4 Å². The van der Waals surface area contributed by atoms with Gasteiger partial charge in [-0.05, 0) is 46.2 Å². The van der Waals surface area contributed by atoms with Crippen LogP contribution >= 0.6 is 0 Å². The topological polar surface area (TPSA) is 152 Å². The van der Waals surface area contributed by atoms with Crippen LogP contribution in [0.1, 0.15) is 51.0 Å². The van der Waals surface area contributed by atoms with Crippen LogP contribution in [0.15, 0.2) is 66.7 Å². The van der Waals surface area contributed by atoms with E-state index in [0.717, 1.165) is 5.69 Å². The number of esters is 1. The number of hydrogen-bond acceptors (Lipinski definition) is 11. The molecule has 46 heavy (non-hydrogen) atoms. The number of amides is 2. The summed E-state index contributed by atoms with van der Waals surface area (Å²) >= 11 is 0. The van der Waals surface area contributed by atoms with Crippen molar-refractivity contribution in [2.45, 2.75) is 52.2 Å². The quantitative estimate of drug-likeness (QED) is 0.290. The molecule has 2 aromatic carbocycles. The van der Waals surface area contributed by atoms with E-state index >= 15 is 0 Å². The molecular weight excluding hydrogens is 592 g/mol. The van der Waals surface area contributed by atoms with Gasteiger partial charge in [-0.25, -0.2) is 14.8 Å². The number of rotatable bonds is 11. The summed E-state index contributed by atoms with van der Waals surface area (Å²) in [4.78, 5) is 67.6. The van der Waals surface area contributed by atoms with Crippen LogP contribution in [0, 0.1) is 0 Å². The third kappa shape index (κ3) is 10.3. The maximum absolute atomic E-state index is 13.8. The molecule has 2 N–H and O–H groups in total. The van der Waals surface area contributed by atoms with Crippen molar-refractivity contribution in [2.75, 3.05) is 38.1 Å². The molecule has 0 unspecified atom stereocenters. The normalized spacial score (nSPS) is 14.1. The molecule has 0 saturated carbocycles. The van der Waals surface area contributed by atoms with E-state index in [0.29, 0.717) is 17.2 Å². The fraction of sp³-hybridized carbons (Fsp3) is 0.394. The molecule has 1 saturated heterocycles. The van der Waals surface area contributed by atoms with Gasteiger partial charge in [0.05, 0.1) is 19.7 Å². The minimum atomic E-state index is -1.06. The largest absolute Gasteiger partial charge is 0.527 e. The van der Waals surface area contributed by atoms with E-state index in [1.807, 2.05) is 60.7 Å². The Balaban J connectivity index is 1.55. The van der Waals surface area contributed by atoms with E-state index in [2.05, 4.69) is 20.6 Å². The first-order valence-corrected chi connectivity index (χ1v) is 15.2. The first-order valence-electron chi connectivity index (χ1n) is 15.2. The molecule has 1 aliphatic rings. The number of para-hydroxylation sites is 1. The van der Waals surface area contributed by atoms with Crippen molar-refractivity contribution < 1.29 is 33.5 Å². The number of benzene rings is 2. The van der Waals surface area contributed by atoms with Crippen molar-refractivity contribution in [1.29, 1.82) is 0 Å². The lowest BCUT2D eigenvalue weighted by molar-refractivity contribution is -0.158. The summed E-state index contributed by atoms with van der Waals surface area (Å²) in [6, 6.07) is 19.1. The van der Waals surface area contributed by atoms with Crippen LogP contribution in [0.2, 0.25) is 0 Å². The average molecular weight is 633 g/mol. The molecule has 2 amide bonds. The van der Waals surface area contributed by atoms with Crippen LogP contribution in [0.3, 0.4) is 0 Å². The van der Waals surface area contributed by atoms with Crippen molar-refractivity contribution in [3.05, 3.63) is 72.4 Å². The van der Waals surface area contributed by atoms with E-state index in [-0.39, 0.29) is 57.2 Å². The first kappa shape index (κ1) is 33.8. The minimum absolute atomic E-state index is 0.00474.